The molecule has 0 saturated carbocycles. The molecule has 0 fully saturated rings. The minimum Gasteiger partial charge on any atom is -0.487 e. The minimum absolute atomic E-state index is 0.136. The lowest BCUT2D eigenvalue weighted by Gasteiger charge is -2.08. The summed E-state index contributed by atoms with van der Waals surface area (Å²) in [5.41, 5.74) is 0.0675. The van der Waals surface area contributed by atoms with E-state index in [0.29, 0.717) is 23.1 Å². The first-order valence-electron chi connectivity index (χ1n) is 7.63. The molecule has 0 saturated heterocycles. The van der Waals surface area contributed by atoms with Gasteiger partial charge in [0.1, 0.15) is 18.6 Å². The van der Waals surface area contributed by atoms with E-state index >= 15 is 0 Å². The van der Waals surface area contributed by atoms with Crippen LogP contribution in [0.4, 0.5) is 0 Å². The van der Waals surface area contributed by atoms with Crippen molar-refractivity contribution in [1.82, 2.24) is 0 Å². The lowest BCUT2D eigenvalue weighted by molar-refractivity contribution is 0.0442. The topological polar surface area (TPSA) is 65.7 Å². The van der Waals surface area contributed by atoms with Crippen LogP contribution < -0.4 is 10.2 Å². The van der Waals surface area contributed by atoms with Crippen molar-refractivity contribution in [2.45, 2.75) is 26.9 Å². The summed E-state index contributed by atoms with van der Waals surface area (Å²) in [7, 11) is 0. The number of hydrogen-bond donors (Lipinski definition) is 0. The number of rotatable bonds is 7. The van der Waals surface area contributed by atoms with E-state index in [9.17, 15) is 9.59 Å². The predicted molar refractivity (Wildman–Crippen MR) is 90.5 cm³/mol. The predicted octanol–water partition coefficient (Wildman–Crippen LogP) is 4.08. The first-order valence-corrected chi connectivity index (χ1v) is 8.00. The highest BCUT2D eigenvalue weighted by molar-refractivity contribution is 6.30. The van der Waals surface area contributed by atoms with E-state index in [-0.39, 0.29) is 23.5 Å². The van der Waals surface area contributed by atoms with Crippen LogP contribution in [-0.2, 0) is 11.3 Å². The van der Waals surface area contributed by atoms with E-state index in [1.807, 2.05) is 0 Å². The summed E-state index contributed by atoms with van der Waals surface area (Å²) in [5, 5.41) is 0.533. The van der Waals surface area contributed by atoms with Crippen LogP contribution in [0.2, 0.25) is 5.02 Å². The van der Waals surface area contributed by atoms with Gasteiger partial charge in [0.2, 0.25) is 11.2 Å². The molecular weight excluding hydrogens is 332 g/mol. The van der Waals surface area contributed by atoms with Crippen molar-refractivity contribution in [2.24, 2.45) is 5.92 Å². The van der Waals surface area contributed by atoms with Crippen molar-refractivity contribution in [1.29, 1.82) is 0 Å². The highest BCUT2D eigenvalue weighted by Gasteiger charge is 2.10. The van der Waals surface area contributed by atoms with Crippen LogP contribution in [0, 0.1) is 5.92 Å². The molecule has 1 heterocycles. The Morgan fingerprint density at radius 1 is 1.25 bits per heavy atom. The lowest BCUT2D eigenvalue weighted by atomic mass is 10.1. The highest BCUT2D eigenvalue weighted by atomic mass is 35.5. The third kappa shape index (κ3) is 5.42. The summed E-state index contributed by atoms with van der Waals surface area (Å²) >= 11 is 5.76. The van der Waals surface area contributed by atoms with Gasteiger partial charge in [-0.15, -0.1) is 0 Å². The van der Waals surface area contributed by atoms with E-state index in [2.05, 4.69) is 13.8 Å². The molecule has 1 aromatic carbocycles. The van der Waals surface area contributed by atoms with Gasteiger partial charge in [0.25, 0.3) is 0 Å². The molecule has 0 aliphatic rings. The summed E-state index contributed by atoms with van der Waals surface area (Å²) in [6.07, 6.45) is 2.09. The molecule has 6 heteroatoms. The smallest absolute Gasteiger partial charge is 0.338 e. The normalized spacial score (nSPS) is 10.7. The number of carbonyl (C=O) groups is 1. The molecule has 2 rings (SSSR count). The molecule has 0 amide bonds. The fraction of sp³-hybridized carbons (Fsp3) is 0.333. The van der Waals surface area contributed by atoms with Crippen molar-refractivity contribution in [3.63, 3.8) is 0 Å². The van der Waals surface area contributed by atoms with Crippen LogP contribution in [0.3, 0.4) is 0 Å². The van der Waals surface area contributed by atoms with Gasteiger partial charge in [0.15, 0.2) is 0 Å². The first kappa shape index (κ1) is 18.1. The zero-order chi connectivity index (χ0) is 17.5. The zero-order valence-corrected chi connectivity index (χ0v) is 14.3. The van der Waals surface area contributed by atoms with E-state index < -0.39 is 5.97 Å². The molecule has 0 aliphatic heterocycles. The lowest BCUT2D eigenvalue weighted by Crippen LogP contribution is -2.11. The average Bonchev–Trinajstić information content (AvgIpc) is 2.55. The second-order valence-corrected chi connectivity index (χ2v) is 6.13. The Kier molecular flexibility index (Phi) is 6.44. The van der Waals surface area contributed by atoms with Crippen LogP contribution >= 0.6 is 11.6 Å². The highest BCUT2D eigenvalue weighted by Crippen LogP contribution is 2.12. The molecule has 0 radical (unpaired) electrons. The van der Waals surface area contributed by atoms with Crippen LogP contribution in [0.15, 0.2) is 45.8 Å². The fourth-order valence-electron chi connectivity index (χ4n) is 1.83. The Morgan fingerprint density at radius 2 is 1.96 bits per heavy atom. The van der Waals surface area contributed by atoms with Crippen molar-refractivity contribution >= 4 is 17.6 Å². The molecule has 0 spiro atoms. The molecule has 2 aromatic rings. The Hall–Kier alpha value is -2.27. The Bertz CT molecular complexity index is 734. The zero-order valence-electron chi connectivity index (χ0n) is 13.6. The Labute approximate surface area is 145 Å². The monoisotopic (exact) mass is 350 g/mol. The second kappa shape index (κ2) is 8.55. The third-order valence-electron chi connectivity index (χ3n) is 3.23. The van der Waals surface area contributed by atoms with Crippen LogP contribution in [0.25, 0.3) is 0 Å². The number of benzene rings is 1. The summed E-state index contributed by atoms with van der Waals surface area (Å²) in [6.45, 7) is 4.46. The summed E-state index contributed by atoms with van der Waals surface area (Å²) < 4.78 is 15.8. The number of halogens is 1. The second-order valence-electron chi connectivity index (χ2n) is 5.69. The van der Waals surface area contributed by atoms with Crippen molar-refractivity contribution in [2.75, 3.05) is 6.61 Å². The van der Waals surface area contributed by atoms with Gasteiger partial charge in [-0.05, 0) is 36.6 Å². The van der Waals surface area contributed by atoms with Gasteiger partial charge in [-0.25, -0.2) is 4.79 Å². The van der Waals surface area contributed by atoms with Gasteiger partial charge >= 0.3 is 5.97 Å². The maximum atomic E-state index is 11.9. The maximum absolute atomic E-state index is 11.9. The molecule has 1 aromatic heterocycles. The van der Waals surface area contributed by atoms with E-state index in [1.165, 1.54) is 12.3 Å². The summed E-state index contributed by atoms with van der Waals surface area (Å²) in [4.78, 5) is 23.8. The first-order chi connectivity index (χ1) is 11.5. The maximum Gasteiger partial charge on any atom is 0.338 e. The molecule has 128 valence electrons. The fourth-order valence-corrected chi connectivity index (χ4v) is 1.96. The molecular formula is C18H19ClO5. The van der Waals surface area contributed by atoms with Crippen LogP contribution in [0.1, 0.15) is 36.4 Å². The van der Waals surface area contributed by atoms with Crippen molar-refractivity contribution in [3.05, 3.63) is 63.2 Å². The van der Waals surface area contributed by atoms with Gasteiger partial charge in [0, 0.05) is 11.1 Å². The van der Waals surface area contributed by atoms with Gasteiger partial charge in [-0.2, -0.15) is 0 Å². The van der Waals surface area contributed by atoms with Gasteiger partial charge < -0.3 is 13.9 Å². The molecule has 0 bridgehead atoms. The summed E-state index contributed by atoms with van der Waals surface area (Å²) in [5.74, 6) is 0.372. The summed E-state index contributed by atoms with van der Waals surface area (Å²) in [6, 6.07) is 7.59. The number of carbonyl (C=O) groups excluding carboxylic acids is 1. The SMILES string of the molecule is CC(C)CCOc1coc(COC(=O)c2ccc(Cl)cc2)cc1=O. The van der Waals surface area contributed by atoms with Crippen molar-refractivity contribution < 1.29 is 18.7 Å². The van der Waals surface area contributed by atoms with Crippen molar-refractivity contribution in [3.8, 4) is 5.75 Å². The Morgan fingerprint density at radius 3 is 2.58 bits per heavy atom. The quantitative estimate of drug-likeness (QED) is 0.704. The van der Waals surface area contributed by atoms with Crippen LogP contribution in [-0.4, -0.2) is 12.6 Å². The van der Waals surface area contributed by atoms with Crippen LogP contribution in [0.5, 0.6) is 5.75 Å². The molecule has 0 aliphatic carbocycles. The molecule has 0 atom stereocenters. The number of ether oxygens (including phenoxy) is 2. The molecule has 5 nitrogen and oxygen atoms in total. The number of esters is 1. The van der Waals surface area contributed by atoms with E-state index in [0.717, 1.165) is 6.42 Å². The minimum atomic E-state index is -0.522. The average molecular weight is 351 g/mol. The van der Waals surface area contributed by atoms with E-state index in [4.69, 9.17) is 25.5 Å². The molecule has 0 N–H and O–H groups in total. The Balaban J connectivity index is 1.91. The van der Waals surface area contributed by atoms with Gasteiger partial charge in [-0.1, -0.05) is 25.4 Å². The third-order valence-corrected chi connectivity index (χ3v) is 3.48. The van der Waals surface area contributed by atoms with E-state index in [1.54, 1.807) is 24.3 Å². The molecule has 0 unspecified atom stereocenters. The number of hydrogen-bond acceptors (Lipinski definition) is 5. The van der Waals surface area contributed by atoms with Gasteiger partial charge in [0.05, 0.1) is 12.2 Å². The largest absolute Gasteiger partial charge is 0.487 e. The molecule has 24 heavy (non-hydrogen) atoms. The van der Waals surface area contributed by atoms with Gasteiger partial charge in [-0.3, -0.25) is 4.79 Å². The standard InChI is InChI=1S/C18H19ClO5/c1-12(2)7-8-22-17-11-23-15(9-16(17)20)10-24-18(21)13-3-5-14(19)6-4-13/h3-6,9,11-12H,7-8,10H2,1-2H3.